The normalized spacial score (nSPS) is 20.5. The molecule has 8 nitrogen and oxygen atoms in total. The zero-order valence-electron chi connectivity index (χ0n) is 17.3. The van der Waals surface area contributed by atoms with Crippen molar-refractivity contribution in [2.24, 2.45) is 0 Å². The first-order valence-corrected chi connectivity index (χ1v) is 9.80. The van der Waals surface area contributed by atoms with Crippen molar-refractivity contribution in [2.75, 3.05) is 30.4 Å². The number of rotatable bonds is 3. The Morgan fingerprint density at radius 3 is 2.79 bits per heavy atom. The molecule has 2 aliphatic rings. The van der Waals surface area contributed by atoms with E-state index in [2.05, 4.69) is 27.4 Å². The van der Waals surface area contributed by atoms with Crippen LogP contribution in [-0.2, 0) is 16.0 Å². The minimum Gasteiger partial charge on any atom is -0.444 e. The standard InChI is InChI=1S/C21H27N5O3/c1-21(2,3)29-20(27)26-15-10-22-17-16(19(26)28-12-15)18(24-13-23-17)25(4)11-14-8-6-5-7-9-14/h5-9,13,15,19H,10-12H2,1-4H3,(H,22,23,24)/t15-,19+/m1/s1. The van der Waals surface area contributed by atoms with E-state index in [4.69, 9.17) is 9.47 Å². The summed E-state index contributed by atoms with van der Waals surface area (Å²) in [4.78, 5) is 25.6. The highest BCUT2D eigenvalue weighted by molar-refractivity contribution is 5.72. The number of fused-ring (bicyclic) bond motifs is 4. The van der Waals surface area contributed by atoms with Gasteiger partial charge in [-0.1, -0.05) is 30.3 Å². The summed E-state index contributed by atoms with van der Waals surface area (Å²) in [5.41, 5.74) is 1.34. The number of amides is 1. The first-order valence-electron chi connectivity index (χ1n) is 9.80. The molecular weight excluding hydrogens is 370 g/mol. The lowest BCUT2D eigenvalue weighted by molar-refractivity contribution is -0.0125. The van der Waals surface area contributed by atoms with Crippen LogP contribution in [0.5, 0.6) is 0 Å². The molecule has 8 heteroatoms. The third-order valence-electron chi connectivity index (χ3n) is 4.94. The van der Waals surface area contributed by atoms with Crippen molar-refractivity contribution < 1.29 is 14.3 Å². The van der Waals surface area contributed by atoms with Crippen LogP contribution >= 0.6 is 0 Å². The lowest BCUT2D eigenvalue weighted by Crippen LogP contribution is -2.43. The van der Waals surface area contributed by atoms with Crippen LogP contribution in [0.4, 0.5) is 16.4 Å². The molecular formula is C21H27N5O3. The maximum Gasteiger partial charge on any atom is 0.413 e. The summed E-state index contributed by atoms with van der Waals surface area (Å²) in [6, 6.07) is 10.0. The maximum absolute atomic E-state index is 13.0. The Balaban J connectivity index is 1.68. The van der Waals surface area contributed by atoms with Crippen molar-refractivity contribution in [2.45, 2.75) is 45.2 Å². The third kappa shape index (κ3) is 3.98. The number of benzene rings is 1. The van der Waals surface area contributed by atoms with Crippen LogP contribution in [0.15, 0.2) is 36.7 Å². The van der Waals surface area contributed by atoms with Crippen LogP contribution in [0.25, 0.3) is 0 Å². The van der Waals surface area contributed by atoms with Gasteiger partial charge in [0.15, 0.2) is 6.23 Å². The molecule has 1 aromatic heterocycles. The molecule has 2 bridgehead atoms. The van der Waals surface area contributed by atoms with Crippen molar-refractivity contribution in [1.82, 2.24) is 14.9 Å². The molecule has 0 unspecified atom stereocenters. The fourth-order valence-corrected chi connectivity index (χ4v) is 3.70. The summed E-state index contributed by atoms with van der Waals surface area (Å²) in [6.07, 6.45) is 0.564. The average molecular weight is 397 g/mol. The lowest BCUT2D eigenvalue weighted by atomic mass is 10.1. The van der Waals surface area contributed by atoms with E-state index in [1.54, 1.807) is 11.2 Å². The number of hydrogen-bond donors (Lipinski definition) is 1. The summed E-state index contributed by atoms with van der Waals surface area (Å²) >= 11 is 0. The molecule has 2 atom stereocenters. The van der Waals surface area contributed by atoms with E-state index in [1.165, 1.54) is 0 Å². The second-order valence-electron chi connectivity index (χ2n) is 8.41. The van der Waals surface area contributed by atoms with Gasteiger partial charge in [-0.3, -0.25) is 4.90 Å². The van der Waals surface area contributed by atoms with Crippen LogP contribution < -0.4 is 10.2 Å². The van der Waals surface area contributed by atoms with Crippen LogP contribution in [0.3, 0.4) is 0 Å². The van der Waals surface area contributed by atoms with Crippen LogP contribution in [0.1, 0.15) is 38.1 Å². The van der Waals surface area contributed by atoms with Crippen molar-refractivity contribution in [3.05, 3.63) is 47.8 Å². The van der Waals surface area contributed by atoms with Gasteiger partial charge in [0.05, 0.1) is 18.2 Å². The minimum atomic E-state index is -0.589. The van der Waals surface area contributed by atoms with Crippen molar-refractivity contribution >= 4 is 17.7 Å². The molecule has 29 heavy (non-hydrogen) atoms. The molecule has 1 saturated heterocycles. The quantitative estimate of drug-likeness (QED) is 0.852. The van der Waals surface area contributed by atoms with E-state index in [0.717, 1.165) is 16.9 Å². The number of carbonyl (C=O) groups excluding carboxylic acids is 1. The van der Waals surface area contributed by atoms with Gasteiger partial charge in [0.25, 0.3) is 0 Å². The van der Waals surface area contributed by atoms with E-state index >= 15 is 0 Å². The Morgan fingerprint density at radius 2 is 2.07 bits per heavy atom. The van der Waals surface area contributed by atoms with E-state index in [1.807, 2.05) is 50.9 Å². The van der Waals surface area contributed by atoms with E-state index in [-0.39, 0.29) is 12.1 Å². The van der Waals surface area contributed by atoms with Crippen molar-refractivity contribution in [1.29, 1.82) is 0 Å². The zero-order valence-corrected chi connectivity index (χ0v) is 17.3. The van der Waals surface area contributed by atoms with Crippen LogP contribution in [0, 0.1) is 0 Å². The summed E-state index contributed by atoms with van der Waals surface area (Å²) in [7, 11) is 1.98. The topological polar surface area (TPSA) is 79.8 Å². The average Bonchev–Trinajstić information content (AvgIpc) is 3.00. The van der Waals surface area contributed by atoms with Crippen LogP contribution in [-0.4, -0.2) is 52.8 Å². The second-order valence-corrected chi connectivity index (χ2v) is 8.41. The third-order valence-corrected chi connectivity index (χ3v) is 4.94. The van der Waals surface area contributed by atoms with Gasteiger partial charge in [-0.25, -0.2) is 14.8 Å². The summed E-state index contributed by atoms with van der Waals surface area (Å²) in [5.74, 6) is 1.42. The highest BCUT2D eigenvalue weighted by atomic mass is 16.6. The second kappa shape index (κ2) is 7.51. The predicted octanol–water partition coefficient (Wildman–Crippen LogP) is 3.17. The summed E-state index contributed by atoms with van der Waals surface area (Å²) in [5, 5.41) is 3.36. The fraction of sp³-hybridized carbons (Fsp3) is 0.476. The Bertz CT molecular complexity index is 884. The Morgan fingerprint density at radius 1 is 1.31 bits per heavy atom. The number of carbonyl (C=O) groups is 1. The van der Waals surface area contributed by atoms with Crippen molar-refractivity contribution in [3.63, 3.8) is 0 Å². The molecule has 1 aromatic carbocycles. The zero-order chi connectivity index (χ0) is 20.6. The number of ether oxygens (including phenoxy) is 2. The molecule has 0 radical (unpaired) electrons. The van der Waals surface area contributed by atoms with Gasteiger partial charge >= 0.3 is 6.09 Å². The highest BCUT2D eigenvalue weighted by Gasteiger charge is 2.46. The molecule has 4 rings (SSSR count). The SMILES string of the molecule is CN(Cc1ccccc1)c1ncnc2c1[C@@H]1OC[C@@H](CN2)N1C(=O)OC(C)(C)C. The van der Waals surface area contributed by atoms with Gasteiger partial charge in [0, 0.05) is 20.1 Å². The van der Waals surface area contributed by atoms with Gasteiger partial charge in [-0.05, 0) is 26.3 Å². The van der Waals surface area contributed by atoms with Gasteiger partial charge in [0.2, 0.25) is 0 Å². The van der Waals surface area contributed by atoms with Crippen LogP contribution in [0.2, 0.25) is 0 Å². The molecule has 3 heterocycles. The molecule has 2 aromatic rings. The monoisotopic (exact) mass is 397 g/mol. The number of aromatic nitrogens is 2. The molecule has 154 valence electrons. The first kappa shape index (κ1) is 19.4. The number of nitrogens with one attached hydrogen (secondary N) is 1. The predicted molar refractivity (Wildman–Crippen MR) is 110 cm³/mol. The summed E-state index contributed by atoms with van der Waals surface area (Å²) < 4.78 is 11.7. The van der Waals surface area contributed by atoms with Crippen molar-refractivity contribution in [3.8, 4) is 0 Å². The molecule has 0 saturated carbocycles. The smallest absolute Gasteiger partial charge is 0.413 e. The Labute approximate surface area is 170 Å². The number of anilines is 2. The fourth-order valence-electron chi connectivity index (χ4n) is 3.70. The van der Waals surface area contributed by atoms with E-state index < -0.39 is 11.8 Å². The van der Waals surface area contributed by atoms with E-state index in [9.17, 15) is 4.79 Å². The molecule has 2 aliphatic heterocycles. The maximum atomic E-state index is 13.0. The summed E-state index contributed by atoms with van der Waals surface area (Å²) in [6.45, 7) is 7.24. The Kier molecular flexibility index (Phi) is 5.04. The molecule has 1 fully saturated rings. The Hall–Kier alpha value is -2.87. The number of hydrogen-bond acceptors (Lipinski definition) is 7. The van der Waals surface area contributed by atoms with Gasteiger partial charge in [-0.15, -0.1) is 0 Å². The minimum absolute atomic E-state index is 0.128. The highest BCUT2D eigenvalue weighted by Crippen LogP contribution is 2.41. The van der Waals surface area contributed by atoms with Gasteiger partial charge < -0.3 is 19.7 Å². The lowest BCUT2D eigenvalue weighted by Gasteiger charge is -2.30. The molecule has 0 aliphatic carbocycles. The first-order chi connectivity index (χ1) is 13.8. The van der Waals surface area contributed by atoms with Gasteiger partial charge in [-0.2, -0.15) is 0 Å². The van der Waals surface area contributed by atoms with Gasteiger partial charge in [0.1, 0.15) is 23.6 Å². The molecule has 0 spiro atoms. The molecule has 1 amide bonds. The number of nitrogens with zero attached hydrogens (tertiary/aromatic N) is 4. The molecule has 1 N–H and O–H groups in total. The largest absolute Gasteiger partial charge is 0.444 e. The van der Waals surface area contributed by atoms with E-state index in [0.29, 0.717) is 25.5 Å².